The van der Waals surface area contributed by atoms with Crippen LogP contribution >= 0.6 is 0 Å². The van der Waals surface area contributed by atoms with Crippen molar-refractivity contribution in [1.82, 2.24) is 9.55 Å². The summed E-state index contributed by atoms with van der Waals surface area (Å²) in [5.74, 6) is 0.175. The number of aromatic nitrogens is 2. The lowest BCUT2D eigenvalue weighted by Gasteiger charge is -2.11. The average molecular weight is 351 g/mol. The Balaban J connectivity index is 1.74. The molecule has 1 N–H and O–H groups in total. The number of para-hydroxylation sites is 2. The molecule has 6 nitrogen and oxygen atoms in total. The topological polar surface area (TPSA) is 73.2 Å². The molecule has 0 aliphatic carbocycles. The minimum Gasteiger partial charge on any atom is -0.459 e. The first-order valence-corrected chi connectivity index (χ1v) is 8.47. The zero-order chi connectivity index (χ0) is 18.7. The van der Waals surface area contributed by atoms with E-state index in [4.69, 9.17) is 4.74 Å². The largest absolute Gasteiger partial charge is 0.459 e. The molecular weight excluding hydrogens is 330 g/mol. The van der Waals surface area contributed by atoms with Gasteiger partial charge in [-0.2, -0.15) is 0 Å². The fourth-order valence-corrected chi connectivity index (χ4v) is 2.75. The molecule has 0 spiro atoms. The number of hydrogen-bond donors (Lipinski definition) is 1. The van der Waals surface area contributed by atoms with Crippen LogP contribution in [0.25, 0.3) is 11.0 Å². The van der Waals surface area contributed by atoms with Gasteiger partial charge >= 0.3 is 5.97 Å². The summed E-state index contributed by atoms with van der Waals surface area (Å²) < 4.78 is 7.04. The third-order valence-electron chi connectivity index (χ3n) is 3.87. The predicted octanol–water partition coefficient (Wildman–Crippen LogP) is 3.55. The second-order valence-corrected chi connectivity index (χ2v) is 6.32. The molecular formula is C20H21N3O3. The molecule has 0 bridgehead atoms. The first-order valence-electron chi connectivity index (χ1n) is 8.47. The third-order valence-corrected chi connectivity index (χ3v) is 3.87. The van der Waals surface area contributed by atoms with Gasteiger partial charge in [-0.05, 0) is 51.1 Å². The molecule has 0 aliphatic heterocycles. The fraction of sp³-hybridized carbons (Fsp3) is 0.250. The van der Waals surface area contributed by atoms with Gasteiger partial charge < -0.3 is 14.6 Å². The second kappa shape index (κ2) is 7.39. The molecule has 1 aromatic heterocycles. The zero-order valence-corrected chi connectivity index (χ0v) is 15.0. The SMILES string of the molecule is Cc1nc2ccccc2n1CC(=O)Nc1cccc(C(=O)OC(C)C)c1. The van der Waals surface area contributed by atoms with Crippen LogP contribution in [0.15, 0.2) is 48.5 Å². The van der Waals surface area contributed by atoms with Crippen molar-refractivity contribution in [3.05, 3.63) is 59.9 Å². The van der Waals surface area contributed by atoms with Gasteiger partial charge in [0.1, 0.15) is 12.4 Å². The van der Waals surface area contributed by atoms with E-state index in [1.54, 1.807) is 38.1 Å². The maximum Gasteiger partial charge on any atom is 0.338 e. The summed E-state index contributed by atoms with van der Waals surface area (Å²) in [7, 11) is 0. The number of anilines is 1. The number of hydrogen-bond acceptors (Lipinski definition) is 4. The summed E-state index contributed by atoms with van der Waals surface area (Å²) >= 11 is 0. The number of amides is 1. The van der Waals surface area contributed by atoms with Crippen LogP contribution in [0.1, 0.15) is 30.0 Å². The van der Waals surface area contributed by atoms with E-state index in [0.29, 0.717) is 11.3 Å². The third kappa shape index (κ3) is 3.91. The van der Waals surface area contributed by atoms with Crippen LogP contribution in [-0.4, -0.2) is 27.5 Å². The molecule has 0 fully saturated rings. The van der Waals surface area contributed by atoms with Crippen LogP contribution in [0.3, 0.4) is 0 Å². The summed E-state index contributed by atoms with van der Waals surface area (Å²) in [6.45, 7) is 5.60. The molecule has 0 unspecified atom stereocenters. The van der Waals surface area contributed by atoms with Gasteiger partial charge in [0.15, 0.2) is 0 Å². The summed E-state index contributed by atoms with van der Waals surface area (Å²) in [6.07, 6.45) is -0.196. The van der Waals surface area contributed by atoms with Crippen LogP contribution in [0.4, 0.5) is 5.69 Å². The Morgan fingerprint density at radius 2 is 1.92 bits per heavy atom. The molecule has 3 rings (SSSR count). The monoisotopic (exact) mass is 351 g/mol. The van der Waals surface area contributed by atoms with Gasteiger partial charge in [0.2, 0.25) is 5.91 Å². The zero-order valence-electron chi connectivity index (χ0n) is 15.0. The van der Waals surface area contributed by atoms with Gasteiger partial charge in [-0.15, -0.1) is 0 Å². The molecule has 0 saturated carbocycles. The van der Waals surface area contributed by atoms with Gasteiger partial charge in [-0.3, -0.25) is 4.79 Å². The van der Waals surface area contributed by atoms with Gasteiger partial charge in [0, 0.05) is 5.69 Å². The number of rotatable bonds is 5. The van der Waals surface area contributed by atoms with E-state index in [9.17, 15) is 9.59 Å². The van der Waals surface area contributed by atoms with Crippen molar-refractivity contribution in [3.8, 4) is 0 Å². The van der Waals surface area contributed by atoms with E-state index in [1.165, 1.54) is 0 Å². The summed E-state index contributed by atoms with van der Waals surface area (Å²) in [6, 6.07) is 14.4. The molecule has 0 saturated heterocycles. The van der Waals surface area contributed by atoms with E-state index in [1.807, 2.05) is 35.8 Å². The Morgan fingerprint density at radius 1 is 1.15 bits per heavy atom. The minimum absolute atomic E-state index is 0.146. The number of esters is 1. The lowest BCUT2D eigenvalue weighted by molar-refractivity contribution is -0.116. The van der Waals surface area contributed by atoms with Crippen LogP contribution < -0.4 is 5.32 Å². The number of carbonyl (C=O) groups excluding carboxylic acids is 2. The second-order valence-electron chi connectivity index (χ2n) is 6.32. The number of carbonyl (C=O) groups is 2. The fourth-order valence-electron chi connectivity index (χ4n) is 2.75. The van der Waals surface area contributed by atoms with Crippen LogP contribution in [-0.2, 0) is 16.1 Å². The molecule has 6 heteroatoms. The molecule has 1 heterocycles. The quantitative estimate of drug-likeness (QED) is 0.714. The van der Waals surface area contributed by atoms with Gasteiger partial charge in [0.25, 0.3) is 0 Å². The normalized spacial score (nSPS) is 10.9. The molecule has 1 amide bonds. The van der Waals surface area contributed by atoms with Crippen LogP contribution in [0.5, 0.6) is 0 Å². The van der Waals surface area contributed by atoms with Crippen molar-refractivity contribution in [1.29, 1.82) is 0 Å². The molecule has 26 heavy (non-hydrogen) atoms. The highest BCUT2D eigenvalue weighted by Gasteiger charge is 2.13. The van der Waals surface area contributed by atoms with E-state index in [0.717, 1.165) is 16.9 Å². The Bertz CT molecular complexity index is 960. The number of benzene rings is 2. The van der Waals surface area contributed by atoms with Crippen LogP contribution in [0, 0.1) is 6.92 Å². The Morgan fingerprint density at radius 3 is 2.69 bits per heavy atom. The van der Waals surface area contributed by atoms with Crippen molar-refractivity contribution >= 4 is 28.6 Å². The Labute approximate surface area is 151 Å². The molecule has 3 aromatic rings. The van der Waals surface area contributed by atoms with Crippen molar-refractivity contribution in [2.45, 2.75) is 33.4 Å². The van der Waals surface area contributed by atoms with E-state index in [2.05, 4.69) is 10.3 Å². The van der Waals surface area contributed by atoms with Gasteiger partial charge in [0.05, 0.1) is 22.7 Å². The summed E-state index contributed by atoms with van der Waals surface area (Å²) in [5.41, 5.74) is 2.72. The number of fused-ring (bicyclic) bond motifs is 1. The molecule has 0 radical (unpaired) electrons. The van der Waals surface area contributed by atoms with Gasteiger partial charge in [-0.25, -0.2) is 9.78 Å². The van der Waals surface area contributed by atoms with E-state index >= 15 is 0 Å². The summed E-state index contributed by atoms with van der Waals surface area (Å²) in [5, 5.41) is 2.83. The molecule has 0 aliphatic rings. The minimum atomic E-state index is -0.410. The first-order chi connectivity index (χ1) is 12.4. The summed E-state index contributed by atoms with van der Waals surface area (Å²) in [4.78, 5) is 28.9. The van der Waals surface area contributed by atoms with Crippen molar-refractivity contribution in [2.75, 3.05) is 5.32 Å². The number of imidazole rings is 1. The number of nitrogens with one attached hydrogen (secondary N) is 1. The highest BCUT2D eigenvalue weighted by atomic mass is 16.5. The molecule has 0 atom stereocenters. The molecule has 134 valence electrons. The number of ether oxygens (including phenoxy) is 1. The van der Waals surface area contributed by atoms with Gasteiger partial charge in [-0.1, -0.05) is 18.2 Å². The smallest absolute Gasteiger partial charge is 0.338 e. The molecule has 2 aromatic carbocycles. The van der Waals surface area contributed by atoms with Crippen molar-refractivity contribution in [2.24, 2.45) is 0 Å². The average Bonchev–Trinajstić information content (AvgIpc) is 2.90. The Kier molecular flexibility index (Phi) is 5.02. The number of aryl methyl sites for hydroxylation is 1. The van der Waals surface area contributed by atoms with Crippen molar-refractivity contribution < 1.29 is 14.3 Å². The lowest BCUT2D eigenvalue weighted by atomic mass is 10.2. The standard InChI is InChI=1S/C20H21N3O3/c1-13(2)26-20(25)15-7-6-8-16(11-15)22-19(24)12-23-14(3)21-17-9-4-5-10-18(17)23/h4-11,13H,12H2,1-3H3,(H,22,24). The predicted molar refractivity (Wildman–Crippen MR) is 100 cm³/mol. The highest BCUT2D eigenvalue weighted by Crippen LogP contribution is 2.16. The number of nitrogens with zero attached hydrogens (tertiary/aromatic N) is 2. The first kappa shape index (κ1) is 17.7. The maximum atomic E-state index is 12.5. The van der Waals surface area contributed by atoms with E-state index in [-0.39, 0.29) is 18.6 Å². The highest BCUT2D eigenvalue weighted by molar-refractivity contribution is 5.95. The van der Waals surface area contributed by atoms with Crippen LogP contribution in [0.2, 0.25) is 0 Å². The Hall–Kier alpha value is -3.15. The maximum absolute atomic E-state index is 12.5. The van der Waals surface area contributed by atoms with E-state index < -0.39 is 5.97 Å². The van der Waals surface area contributed by atoms with Crippen molar-refractivity contribution in [3.63, 3.8) is 0 Å². The lowest BCUT2D eigenvalue weighted by Crippen LogP contribution is -2.20.